The fourth-order valence-electron chi connectivity index (χ4n) is 1.41. The molecule has 0 unspecified atom stereocenters. The van der Waals surface area contributed by atoms with Gasteiger partial charge in [-0.15, -0.1) is 0 Å². The molecule has 1 aromatic rings. The van der Waals surface area contributed by atoms with Gasteiger partial charge in [-0.3, -0.25) is 0 Å². The van der Waals surface area contributed by atoms with Crippen LogP contribution in [-0.4, -0.2) is 23.0 Å². The molecule has 88 valence electrons. The summed E-state index contributed by atoms with van der Waals surface area (Å²) in [6, 6.07) is 8.43. The Balaban J connectivity index is 2.88. The highest BCUT2D eigenvalue weighted by Gasteiger charge is 2.39. The van der Waals surface area contributed by atoms with Crippen molar-refractivity contribution < 1.29 is 13.3 Å². The molecule has 0 atom stereocenters. The van der Waals surface area contributed by atoms with Gasteiger partial charge < -0.3 is 13.3 Å². The quantitative estimate of drug-likeness (QED) is 0.713. The van der Waals surface area contributed by atoms with Crippen LogP contribution in [0.5, 0.6) is 5.75 Å². The van der Waals surface area contributed by atoms with Crippen LogP contribution in [0, 0.1) is 0 Å². The van der Waals surface area contributed by atoms with Crippen LogP contribution in [0.4, 0.5) is 0 Å². The minimum absolute atomic E-state index is 0.734. The van der Waals surface area contributed by atoms with Crippen molar-refractivity contribution in [1.82, 2.24) is 0 Å². The van der Waals surface area contributed by atoms with Crippen molar-refractivity contribution in [2.24, 2.45) is 0 Å². The molecule has 4 heteroatoms. The van der Waals surface area contributed by atoms with Gasteiger partial charge in [-0.05, 0) is 17.7 Å². The normalized spacial score (nSPS) is 11.2. The highest BCUT2D eigenvalue weighted by molar-refractivity contribution is 6.61. The van der Waals surface area contributed by atoms with E-state index in [9.17, 15) is 0 Å². The minimum atomic E-state index is -2.53. The Kier molecular flexibility index (Phi) is 4.73. The lowest BCUT2D eigenvalue weighted by atomic mass is 10.2. The van der Waals surface area contributed by atoms with Gasteiger partial charge in [-0.2, -0.15) is 0 Å². The average Bonchev–Trinajstić information content (AvgIpc) is 2.36. The lowest BCUT2D eigenvalue weighted by molar-refractivity contribution is 0.162. The highest BCUT2D eigenvalue weighted by Crippen LogP contribution is 2.21. The fraction of sp³-hybridized carbons (Fsp3) is 0.333. The second-order valence-corrected chi connectivity index (χ2v) is 6.42. The molecule has 0 saturated carbocycles. The fourth-order valence-corrected chi connectivity index (χ4v) is 2.95. The molecule has 0 radical (unpaired) electrons. The van der Waals surface area contributed by atoms with Gasteiger partial charge in [-0.1, -0.05) is 31.7 Å². The van der Waals surface area contributed by atoms with Gasteiger partial charge in [0.15, 0.2) is 0 Å². The van der Waals surface area contributed by atoms with Crippen molar-refractivity contribution in [1.29, 1.82) is 0 Å². The summed E-state index contributed by atoms with van der Waals surface area (Å²) >= 11 is 0. The van der Waals surface area contributed by atoms with Gasteiger partial charge in [0.05, 0.1) is 0 Å². The maximum atomic E-state index is 5.84. The van der Waals surface area contributed by atoms with E-state index >= 15 is 0 Å². The first-order valence-electron chi connectivity index (χ1n) is 5.21. The molecule has 1 aromatic carbocycles. The molecule has 0 aliphatic rings. The molecular formula is C12H18O3Si. The zero-order valence-electron chi connectivity index (χ0n) is 10.0. The van der Waals surface area contributed by atoms with E-state index in [2.05, 4.69) is 6.58 Å². The lowest BCUT2D eigenvalue weighted by Gasteiger charge is -2.25. The zero-order chi connectivity index (χ0) is 12.0. The van der Waals surface area contributed by atoms with Crippen LogP contribution in [0.2, 0.25) is 6.04 Å². The molecule has 0 fully saturated rings. The number of hydrogen-bond donors (Lipinski definition) is 0. The third-order valence-corrected chi connectivity index (χ3v) is 5.08. The molecule has 16 heavy (non-hydrogen) atoms. The van der Waals surface area contributed by atoms with Gasteiger partial charge in [0.1, 0.15) is 5.75 Å². The van der Waals surface area contributed by atoms with E-state index in [1.165, 1.54) is 0 Å². The summed E-state index contributed by atoms with van der Waals surface area (Å²) < 4.78 is 16.6. The van der Waals surface area contributed by atoms with Crippen LogP contribution in [0.25, 0.3) is 6.08 Å². The summed E-state index contributed by atoms with van der Waals surface area (Å²) in [5.41, 5.74) is 1.02. The smallest absolute Gasteiger partial charge is 0.501 e. The summed E-state index contributed by atoms with van der Waals surface area (Å²) in [5, 5.41) is 0. The summed E-state index contributed by atoms with van der Waals surface area (Å²) in [4.78, 5) is 0. The van der Waals surface area contributed by atoms with Crippen molar-refractivity contribution in [3.05, 3.63) is 36.4 Å². The summed E-state index contributed by atoms with van der Waals surface area (Å²) in [7, 11) is 0.715. The standard InChI is InChI=1S/C12H18O3Si/c1-5-11-8-7-9-12(10-11)15-16(6-2,13-3)14-4/h5,7-10H,1,6H2,2-4H3. The molecular weight excluding hydrogens is 220 g/mol. The molecule has 0 aliphatic heterocycles. The molecule has 0 aromatic heterocycles. The van der Waals surface area contributed by atoms with Crippen LogP contribution >= 0.6 is 0 Å². The van der Waals surface area contributed by atoms with Crippen LogP contribution in [0.15, 0.2) is 30.8 Å². The van der Waals surface area contributed by atoms with E-state index in [1.54, 1.807) is 20.3 Å². The molecule has 0 aliphatic carbocycles. The van der Waals surface area contributed by atoms with Crippen molar-refractivity contribution in [2.45, 2.75) is 13.0 Å². The minimum Gasteiger partial charge on any atom is -0.501 e. The Morgan fingerprint density at radius 1 is 1.31 bits per heavy atom. The number of rotatable bonds is 6. The van der Waals surface area contributed by atoms with Crippen LogP contribution < -0.4 is 4.43 Å². The maximum absolute atomic E-state index is 5.84. The lowest BCUT2D eigenvalue weighted by Crippen LogP contribution is -2.46. The van der Waals surface area contributed by atoms with E-state index in [1.807, 2.05) is 31.2 Å². The first-order chi connectivity index (χ1) is 7.69. The van der Waals surface area contributed by atoms with Crippen LogP contribution in [0.3, 0.4) is 0 Å². The summed E-state index contributed by atoms with van der Waals surface area (Å²) in [6.45, 7) is 5.72. The Labute approximate surface area is 98.0 Å². The van der Waals surface area contributed by atoms with E-state index in [-0.39, 0.29) is 0 Å². The first kappa shape index (κ1) is 13.0. The molecule has 0 amide bonds. The van der Waals surface area contributed by atoms with E-state index in [4.69, 9.17) is 13.3 Å². The van der Waals surface area contributed by atoms with Gasteiger partial charge in [0, 0.05) is 20.3 Å². The third kappa shape index (κ3) is 2.94. The molecule has 3 nitrogen and oxygen atoms in total. The van der Waals surface area contributed by atoms with Crippen LogP contribution in [-0.2, 0) is 8.85 Å². The SMILES string of the molecule is C=Cc1cccc(O[Si](CC)(OC)OC)c1. The average molecular weight is 238 g/mol. The Morgan fingerprint density at radius 2 is 2.00 bits per heavy atom. The Hall–Kier alpha value is -1.10. The highest BCUT2D eigenvalue weighted by atomic mass is 28.4. The molecule has 0 saturated heterocycles. The van der Waals surface area contributed by atoms with Crippen molar-refractivity contribution >= 4 is 14.9 Å². The van der Waals surface area contributed by atoms with Crippen LogP contribution in [0.1, 0.15) is 12.5 Å². The molecule has 0 bridgehead atoms. The van der Waals surface area contributed by atoms with E-state index in [0.29, 0.717) is 0 Å². The third-order valence-electron chi connectivity index (χ3n) is 2.42. The Bertz CT molecular complexity index is 340. The molecule has 0 heterocycles. The predicted molar refractivity (Wildman–Crippen MR) is 67.4 cm³/mol. The van der Waals surface area contributed by atoms with Gasteiger partial charge in [0.25, 0.3) is 0 Å². The summed E-state index contributed by atoms with van der Waals surface area (Å²) in [6.07, 6.45) is 1.78. The Morgan fingerprint density at radius 3 is 2.50 bits per heavy atom. The monoisotopic (exact) mass is 238 g/mol. The van der Waals surface area contributed by atoms with Crippen molar-refractivity contribution in [2.75, 3.05) is 14.2 Å². The topological polar surface area (TPSA) is 27.7 Å². The molecule has 1 rings (SSSR count). The van der Waals surface area contributed by atoms with Crippen molar-refractivity contribution in [3.63, 3.8) is 0 Å². The second-order valence-electron chi connectivity index (χ2n) is 3.32. The maximum Gasteiger partial charge on any atom is 0.565 e. The van der Waals surface area contributed by atoms with Gasteiger partial charge in [0.2, 0.25) is 0 Å². The summed E-state index contributed by atoms with van der Waals surface area (Å²) in [5.74, 6) is 0.759. The number of hydrogen-bond acceptors (Lipinski definition) is 3. The first-order valence-corrected chi connectivity index (χ1v) is 7.14. The predicted octanol–water partition coefficient (Wildman–Crippen LogP) is 2.96. The van der Waals surface area contributed by atoms with Gasteiger partial charge >= 0.3 is 8.80 Å². The molecule has 0 spiro atoms. The van der Waals surface area contributed by atoms with Crippen molar-refractivity contribution in [3.8, 4) is 5.75 Å². The second kappa shape index (κ2) is 5.84. The van der Waals surface area contributed by atoms with E-state index in [0.717, 1.165) is 17.4 Å². The number of benzene rings is 1. The van der Waals surface area contributed by atoms with Gasteiger partial charge in [-0.25, -0.2) is 0 Å². The van der Waals surface area contributed by atoms with E-state index < -0.39 is 8.80 Å². The largest absolute Gasteiger partial charge is 0.565 e. The molecule has 0 N–H and O–H groups in total. The zero-order valence-corrected chi connectivity index (χ0v) is 11.0.